The number of thiocarbonyl (C=S) groups is 1. The quantitative estimate of drug-likeness (QED) is 0.599. The Balaban J connectivity index is 2.42. The van der Waals surface area contributed by atoms with Crippen LogP contribution in [0, 0.1) is 0 Å². The van der Waals surface area contributed by atoms with Crippen LogP contribution in [0.1, 0.15) is 5.56 Å². The van der Waals surface area contributed by atoms with Crippen LogP contribution in [0.2, 0.25) is 10.0 Å². The van der Waals surface area contributed by atoms with Crippen LogP contribution in [0.5, 0.6) is 0 Å². The molecule has 0 bridgehead atoms. The summed E-state index contributed by atoms with van der Waals surface area (Å²) in [7, 11) is 0. The van der Waals surface area contributed by atoms with E-state index in [2.05, 4.69) is 5.32 Å². The molecule has 104 valence electrons. The summed E-state index contributed by atoms with van der Waals surface area (Å²) in [4.78, 5) is 1.39. The first-order valence-corrected chi connectivity index (χ1v) is 8.10. The van der Waals surface area contributed by atoms with Gasteiger partial charge in [-0.25, -0.2) is 0 Å². The van der Waals surface area contributed by atoms with E-state index in [1.54, 1.807) is 23.9 Å². The van der Waals surface area contributed by atoms with Gasteiger partial charge in [0.05, 0.1) is 10.0 Å². The summed E-state index contributed by atoms with van der Waals surface area (Å²) in [5.74, 6) is 0. The molecule has 0 radical (unpaired) electrons. The standard InChI is InChI=1S/C14H12Cl2N2S2/c1-20-12-4-2-3-11(13(12)14(17)19)18-8-5-6-9(15)10(16)7-8/h2-7,18H,1H3,(H2,17,19). The first-order valence-electron chi connectivity index (χ1n) is 5.72. The van der Waals surface area contributed by atoms with Gasteiger partial charge in [-0.15, -0.1) is 11.8 Å². The highest BCUT2D eigenvalue weighted by Gasteiger charge is 2.11. The summed E-state index contributed by atoms with van der Waals surface area (Å²) < 4.78 is 0. The maximum Gasteiger partial charge on any atom is 0.107 e. The summed E-state index contributed by atoms with van der Waals surface area (Å²) in [6.45, 7) is 0. The average molecular weight is 343 g/mol. The van der Waals surface area contributed by atoms with Crippen LogP contribution in [0.15, 0.2) is 41.3 Å². The van der Waals surface area contributed by atoms with Gasteiger partial charge in [0.1, 0.15) is 4.99 Å². The molecule has 20 heavy (non-hydrogen) atoms. The van der Waals surface area contributed by atoms with Gasteiger partial charge >= 0.3 is 0 Å². The number of hydrogen-bond acceptors (Lipinski definition) is 3. The Kier molecular flexibility index (Phi) is 5.16. The topological polar surface area (TPSA) is 38.0 Å². The van der Waals surface area contributed by atoms with Gasteiger partial charge in [0.15, 0.2) is 0 Å². The molecule has 0 amide bonds. The maximum atomic E-state index is 6.01. The minimum atomic E-state index is 0.359. The van der Waals surface area contributed by atoms with Gasteiger partial charge in [0.25, 0.3) is 0 Å². The van der Waals surface area contributed by atoms with Gasteiger partial charge in [-0.1, -0.05) is 41.5 Å². The second-order valence-electron chi connectivity index (χ2n) is 4.00. The van der Waals surface area contributed by atoms with E-state index >= 15 is 0 Å². The Labute approximate surface area is 137 Å². The van der Waals surface area contributed by atoms with Crippen LogP contribution in [-0.4, -0.2) is 11.2 Å². The Morgan fingerprint density at radius 3 is 2.55 bits per heavy atom. The fourth-order valence-electron chi connectivity index (χ4n) is 1.79. The van der Waals surface area contributed by atoms with Gasteiger partial charge in [-0.05, 0) is 36.6 Å². The highest BCUT2D eigenvalue weighted by molar-refractivity contribution is 7.98. The zero-order valence-corrected chi connectivity index (χ0v) is 13.8. The lowest BCUT2D eigenvalue weighted by atomic mass is 10.1. The molecule has 0 fully saturated rings. The molecular formula is C14H12Cl2N2S2. The lowest BCUT2D eigenvalue weighted by Gasteiger charge is -2.14. The molecule has 0 saturated carbocycles. The average Bonchev–Trinajstić information content (AvgIpc) is 2.42. The van der Waals surface area contributed by atoms with E-state index in [1.807, 2.05) is 30.5 Å². The molecule has 0 aliphatic carbocycles. The highest BCUT2D eigenvalue weighted by atomic mass is 35.5. The normalized spacial score (nSPS) is 10.3. The molecule has 2 nitrogen and oxygen atoms in total. The zero-order valence-electron chi connectivity index (χ0n) is 10.6. The number of rotatable bonds is 4. The third-order valence-corrected chi connectivity index (χ3v) is 4.41. The van der Waals surface area contributed by atoms with Crippen molar-refractivity contribution in [3.8, 4) is 0 Å². The van der Waals surface area contributed by atoms with E-state index in [9.17, 15) is 0 Å². The van der Waals surface area contributed by atoms with E-state index in [0.29, 0.717) is 15.0 Å². The van der Waals surface area contributed by atoms with Gasteiger partial charge in [-0.2, -0.15) is 0 Å². The van der Waals surface area contributed by atoms with Crippen LogP contribution in [0.25, 0.3) is 0 Å². The molecule has 0 heterocycles. The van der Waals surface area contributed by atoms with Crippen LogP contribution >= 0.6 is 47.2 Å². The monoisotopic (exact) mass is 342 g/mol. The molecule has 0 saturated heterocycles. The van der Waals surface area contributed by atoms with Crippen LogP contribution in [0.3, 0.4) is 0 Å². The molecule has 6 heteroatoms. The number of nitrogens with one attached hydrogen (secondary N) is 1. The maximum absolute atomic E-state index is 6.01. The first-order chi connectivity index (χ1) is 9.52. The van der Waals surface area contributed by atoms with Gasteiger partial charge in [0.2, 0.25) is 0 Å². The Hall–Kier alpha value is -0.940. The van der Waals surface area contributed by atoms with Crippen molar-refractivity contribution in [2.24, 2.45) is 5.73 Å². The van der Waals surface area contributed by atoms with E-state index in [0.717, 1.165) is 21.8 Å². The van der Waals surface area contributed by atoms with Crippen molar-refractivity contribution in [1.29, 1.82) is 0 Å². The summed E-state index contributed by atoms with van der Waals surface area (Å²) in [5, 5.41) is 4.29. The minimum absolute atomic E-state index is 0.359. The van der Waals surface area contributed by atoms with E-state index in [4.69, 9.17) is 41.2 Å². The molecule has 0 spiro atoms. The lowest BCUT2D eigenvalue weighted by molar-refractivity contribution is 1.40. The molecule has 2 aromatic carbocycles. The lowest BCUT2D eigenvalue weighted by Crippen LogP contribution is -2.13. The number of thioether (sulfide) groups is 1. The Morgan fingerprint density at radius 1 is 1.20 bits per heavy atom. The molecule has 2 aromatic rings. The minimum Gasteiger partial charge on any atom is -0.389 e. The number of benzene rings is 2. The van der Waals surface area contributed by atoms with Gasteiger partial charge in [-0.3, -0.25) is 0 Å². The molecule has 0 aromatic heterocycles. The van der Waals surface area contributed by atoms with Crippen molar-refractivity contribution in [3.05, 3.63) is 52.0 Å². The molecule has 0 aliphatic rings. The molecule has 2 rings (SSSR count). The highest BCUT2D eigenvalue weighted by Crippen LogP contribution is 2.31. The summed E-state index contributed by atoms with van der Waals surface area (Å²) >= 11 is 18.7. The van der Waals surface area contributed by atoms with Crippen molar-refractivity contribution in [3.63, 3.8) is 0 Å². The predicted molar refractivity (Wildman–Crippen MR) is 93.9 cm³/mol. The first kappa shape index (κ1) is 15.4. The second kappa shape index (κ2) is 6.68. The van der Waals surface area contributed by atoms with Crippen LogP contribution in [0.4, 0.5) is 11.4 Å². The van der Waals surface area contributed by atoms with Gasteiger partial charge in [0, 0.05) is 21.8 Å². The van der Waals surface area contributed by atoms with E-state index < -0.39 is 0 Å². The third kappa shape index (κ3) is 3.38. The molecule has 0 aliphatic heterocycles. The van der Waals surface area contributed by atoms with Crippen molar-refractivity contribution in [2.45, 2.75) is 4.90 Å². The molecular weight excluding hydrogens is 331 g/mol. The Bertz CT molecular complexity index is 660. The van der Waals surface area contributed by atoms with Crippen molar-refractivity contribution >= 4 is 63.5 Å². The largest absolute Gasteiger partial charge is 0.389 e. The van der Waals surface area contributed by atoms with Gasteiger partial charge < -0.3 is 11.1 Å². The summed E-state index contributed by atoms with van der Waals surface area (Å²) in [6.07, 6.45) is 1.99. The number of nitrogens with two attached hydrogens (primary N) is 1. The molecule has 0 atom stereocenters. The SMILES string of the molecule is CSc1cccc(Nc2ccc(Cl)c(Cl)c2)c1C(N)=S. The summed E-state index contributed by atoms with van der Waals surface area (Å²) in [6, 6.07) is 11.2. The van der Waals surface area contributed by atoms with Crippen molar-refractivity contribution in [2.75, 3.05) is 11.6 Å². The number of hydrogen-bond donors (Lipinski definition) is 2. The predicted octanol–water partition coefficient (Wildman–Crippen LogP) is 5.09. The molecule has 3 N–H and O–H groups in total. The summed E-state index contributed by atoms with van der Waals surface area (Å²) in [5.41, 5.74) is 8.34. The third-order valence-electron chi connectivity index (χ3n) is 2.69. The Morgan fingerprint density at radius 2 is 1.95 bits per heavy atom. The van der Waals surface area contributed by atoms with E-state index in [1.165, 1.54) is 0 Å². The fraction of sp³-hybridized carbons (Fsp3) is 0.0714. The number of halogens is 2. The fourth-order valence-corrected chi connectivity index (χ4v) is 3.01. The van der Waals surface area contributed by atoms with Crippen molar-refractivity contribution in [1.82, 2.24) is 0 Å². The smallest absolute Gasteiger partial charge is 0.107 e. The van der Waals surface area contributed by atoms with Crippen LogP contribution < -0.4 is 11.1 Å². The molecule has 0 unspecified atom stereocenters. The van der Waals surface area contributed by atoms with Crippen LogP contribution in [-0.2, 0) is 0 Å². The van der Waals surface area contributed by atoms with Crippen molar-refractivity contribution < 1.29 is 0 Å². The number of anilines is 2. The second-order valence-corrected chi connectivity index (χ2v) is 6.10. The zero-order chi connectivity index (χ0) is 14.7. The van der Waals surface area contributed by atoms with E-state index in [-0.39, 0.29) is 0 Å².